The topological polar surface area (TPSA) is 63.0 Å². The molecule has 1 fully saturated rings. The van der Waals surface area contributed by atoms with Crippen LogP contribution in [0.2, 0.25) is 5.02 Å². The summed E-state index contributed by atoms with van der Waals surface area (Å²) in [5.74, 6) is 3.61. The van der Waals surface area contributed by atoms with Crippen molar-refractivity contribution in [1.82, 2.24) is 24.7 Å². The van der Waals surface area contributed by atoms with Gasteiger partial charge in [-0.1, -0.05) is 11.6 Å². The van der Waals surface area contributed by atoms with E-state index in [9.17, 15) is 0 Å². The number of benzene rings is 1. The van der Waals surface area contributed by atoms with Crippen molar-refractivity contribution in [1.29, 1.82) is 0 Å². The van der Waals surface area contributed by atoms with Gasteiger partial charge in [0.25, 0.3) is 0 Å². The molecule has 1 aliphatic carbocycles. The average Bonchev–Trinajstić information content (AvgIpc) is 3.59. The number of pyridine rings is 1. The summed E-state index contributed by atoms with van der Waals surface area (Å²) in [4.78, 5) is 19.5. The minimum atomic E-state index is 0.498. The Kier molecular flexibility index (Phi) is 4.34. The number of aromatic nitrogens is 5. The highest BCUT2D eigenvalue weighted by Crippen LogP contribution is 2.41. The first-order valence-electron chi connectivity index (χ1n) is 11.7. The maximum Gasteiger partial charge on any atom is 0.140 e. The Morgan fingerprint density at radius 1 is 1.00 bits per heavy atom. The molecule has 33 heavy (non-hydrogen) atoms. The van der Waals surface area contributed by atoms with E-state index in [2.05, 4.69) is 31.7 Å². The Hall–Kier alpha value is -3.19. The lowest BCUT2D eigenvalue weighted by molar-refractivity contribution is 0.541. The van der Waals surface area contributed by atoms with E-state index in [0.717, 1.165) is 78.1 Å². The molecule has 7 nitrogen and oxygen atoms in total. The number of hydrogen-bond donors (Lipinski definition) is 0. The van der Waals surface area contributed by atoms with Crippen molar-refractivity contribution in [3.8, 4) is 0 Å². The van der Waals surface area contributed by atoms with Crippen molar-refractivity contribution < 1.29 is 0 Å². The third kappa shape index (κ3) is 3.33. The molecule has 0 bridgehead atoms. The van der Waals surface area contributed by atoms with Crippen LogP contribution in [0.4, 0.5) is 17.3 Å². The highest BCUT2D eigenvalue weighted by molar-refractivity contribution is 6.31. The van der Waals surface area contributed by atoms with Gasteiger partial charge in [0.15, 0.2) is 0 Å². The maximum atomic E-state index is 6.37. The Morgan fingerprint density at radius 2 is 1.94 bits per heavy atom. The molecule has 1 aromatic carbocycles. The van der Waals surface area contributed by atoms with Crippen LogP contribution >= 0.6 is 11.6 Å². The van der Waals surface area contributed by atoms with Crippen LogP contribution in [-0.2, 0) is 19.5 Å². The fourth-order valence-corrected chi connectivity index (χ4v) is 5.26. The van der Waals surface area contributed by atoms with Crippen LogP contribution in [0.1, 0.15) is 42.3 Å². The number of anilines is 3. The van der Waals surface area contributed by atoms with Gasteiger partial charge in [0.1, 0.15) is 17.5 Å². The lowest BCUT2D eigenvalue weighted by atomic mass is 10.0. The maximum absolute atomic E-state index is 6.37. The number of aryl methyl sites for hydroxylation is 1. The number of nitrogens with zero attached hydrogens (tertiary/aromatic N) is 7. The zero-order valence-electron chi connectivity index (χ0n) is 18.3. The predicted octanol–water partition coefficient (Wildman–Crippen LogP) is 4.86. The molecule has 0 N–H and O–H groups in total. The molecule has 0 unspecified atom stereocenters. The molecule has 3 aliphatic rings. The summed E-state index contributed by atoms with van der Waals surface area (Å²) in [6.07, 6.45) is 8.24. The summed E-state index contributed by atoms with van der Waals surface area (Å²) in [5, 5.41) is 6.20. The molecular weight excluding hydrogens is 434 g/mol. The van der Waals surface area contributed by atoms with Crippen LogP contribution in [-0.4, -0.2) is 37.8 Å². The van der Waals surface area contributed by atoms with Crippen molar-refractivity contribution in [3.05, 3.63) is 64.8 Å². The lowest BCUT2D eigenvalue weighted by Crippen LogP contribution is -2.33. The van der Waals surface area contributed by atoms with E-state index in [0.29, 0.717) is 5.92 Å². The standard InChI is InChI=1S/C25H24ClN7/c26-18-4-5-22-20(13-18)25(30-24(29-22)16-2-3-16)31-11-7-21-17(15-31)12-19(14-27-21)32-9-1-10-33-23(32)6-8-28-33/h4-6,8,12-14,16H,1-3,7,9-11,15H2. The fraction of sp³-hybridized carbons (Fsp3) is 0.360. The SMILES string of the molecule is Clc1ccc2nc(C3CC3)nc(N3CCc4ncc(N5CCCn6nccc65)cc4C3)c2c1. The highest BCUT2D eigenvalue weighted by Gasteiger charge is 2.30. The van der Waals surface area contributed by atoms with Crippen LogP contribution in [0.25, 0.3) is 10.9 Å². The van der Waals surface area contributed by atoms with Crippen molar-refractivity contribution in [3.63, 3.8) is 0 Å². The predicted molar refractivity (Wildman–Crippen MR) is 129 cm³/mol. The van der Waals surface area contributed by atoms with Gasteiger partial charge < -0.3 is 9.80 Å². The molecule has 5 heterocycles. The van der Waals surface area contributed by atoms with E-state index in [1.165, 1.54) is 24.1 Å². The third-order valence-electron chi connectivity index (χ3n) is 6.96. The van der Waals surface area contributed by atoms with E-state index in [1.54, 1.807) is 0 Å². The van der Waals surface area contributed by atoms with E-state index in [-0.39, 0.29) is 0 Å². The molecule has 0 atom stereocenters. The summed E-state index contributed by atoms with van der Waals surface area (Å²) in [7, 11) is 0. The molecule has 0 saturated heterocycles. The highest BCUT2D eigenvalue weighted by atomic mass is 35.5. The van der Waals surface area contributed by atoms with Crippen LogP contribution in [0.15, 0.2) is 42.7 Å². The Balaban J connectivity index is 1.27. The van der Waals surface area contributed by atoms with Crippen molar-refractivity contribution in [2.45, 2.75) is 44.7 Å². The summed E-state index contributed by atoms with van der Waals surface area (Å²) in [6.45, 7) is 3.62. The van der Waals surface area contributed by atoms with Crippen molar-refractivity contribution in [2.75, 3.05) is 22.9 Å². The molecule has 7 rings (SSSR count). The van der Waals surface area contributed by atoms with Crippen LogP contribution in [0.3, 0.4) is 0 Å². The van der Waals surface area contributed by atoms with E-state index in [1.807, 2.05) is 30.6 Å². The van der Waals surface area contributed by atoms with Crippen LogP contribution < -0.4 is 9.80 Å². The lowest BCUT2D eigenvalue weighted by Gasteiger charge is -2.33. The van der Waals surface area contributed by atoms with Gasteiger partial charge in [0.2, 0.25) is 0 Å². The molecular formula is C25H24ClN7. The van der Waals surface area contributed by atoms with Gasteiger partial charge in [0.05, 0.1) is 23.6 Å². The van der Waals surface area contributed by atoms with Gasteiger partial charge in [-0.2, -0.15) is 5.10 Å². The van der Waals surface area contributed by atoms with Gasteiger partial charge >= 0.3 is 0 Å². The van der Waals surface area contributed by atoms with E-state index < -0.39 is 0 Å². The number of fused-ring (bicyclic) bond motifs is 3. The molecule has 4 aromatic rings. The normalized spacial score (nSPS) is 17.8. The van der Waals surface area contributed by atoms with Gasteiger partial charge in [-0.15, -0.1) is 0 Å². The number of hydrogen-bond acceptors (Lipinski definition) is 6. The molecule has 0 spiro atoms. The minimum absolute atomic E-state index is 0.498. The second kappa shape index (κ2) is 7.42. The summed E-state index contributed by atoms with van der Waals surface area (Å²) in [6, 6.07) is 10.3. The van der Waals surface area contributed by atoms with Crippen LogP contribution in [0.5, 0.6) is 0 Å². The molecule has 0 radical (unpaired) electrons. The van der Waals surface area contributed by atoms with Gasteiger partial charge in [-0.3, -0.25) is 4.98 Å². The fourth-order valence-electron chi connectivity index (χ4n) is 5.09. The molecule has 2 aliphatic heterocycles. The summed E-state index contributed by atoms with van der Waals surface area (Å²) in [5.41, 5.74) is 4.55. The molecule has 3 aromatic heterocycles. The van der Waals surface area contributed by atoms with E-state index in [4.69, 9.17) is 26.6 Å². The number of halogens is 1. The van der Waals surface area contributed by atoms with Gasteiger partial charge in [-0.05, 0) is 49.1 Å². The largest absolute Gasteiger partial charge is 0.351 e. The molecule has 8 heteroatoms. The Morgan fingerprint density at radius 3 is 2.85 bits per heavy atom. The summed E-state index contributed by atoms with van der Waals surface area (Å²) < 4.78 is 2.07. The monoisotopic (exact) mass is 457 g/mol. The smallest absolute Gasteiger partial charge is 0.140 e. The van der Waals surface area contributed by atoms with Crippen molar-refractivity contribution >= 4 is 39.8 Å². The Bertz CT molecular complexity index is 1380. The zero-order chi connectivity index (χ0) is 21.9. The van der Waals surface area contributed by atoms with Gasteiger partial charge in [-0.25, -0.2) is 14.6 Å². The first kappa shape index (κ1) is 19.3. The zero-order valence-corrected chi connectivity index (χ0v) is 19.0. The van der Waals surface area contributed by atoms with Crippen molar-refractivity contribution in [2.24, 2.45) is 0 Å². The second-order valence-electron chi connectivity index (χ2n) is 9.23. The summed E-state index contributed by atoms with van der Waals surface area (Å²) >= 11 is 6.37. The van der Waals surface area contributed by atoms with Crippen LogP contribution in [0, 0.1) is 0 Å². The molecule has 1 saturated carbocycles. The molecule has 0 amide bonds. The quantitative estimate of drug-likeness (QED) is 0.438. The average molecular weight is 458 g/mol. The van der Waals surface area contributed by atoms with Gasteiger partial charge in [0, 0.05) is 60.7 Å². The third-order valence-corrected chi connectivity index (χ3v) is 7.19. The first-order valence-corrected chi connectivity index (χ1v) is 12.1. The number of rotatable bonds is 3. The first-order chi connectivity index (χ1) is 16.2. The molecule has 166 valence electrons. The Labute approximate surface area is 197 Å². The second-order valence-corrected chi connectivity index (χ2v) is 9.67. The van der Waals surface area contributed by atoms with E-state index >= 15 is 0 Å². The minimum Gasteiger partial charge on any atom is -0.351 e.